The van der Waals surface area contributed by atoms with Gasteiger partial charge in [-0.1, -0.05) is 18.2 Å². The maximum absolute atomic E-state index is 12.4. The molecule has 1 fully saturated rings. The highest BCUT2D eigenvalue weighted by atomic mass is 16.6. The second-order valence-corrected chi connectivity index (χ2v) is 7.94. The van der Waals surface area contributed by atoms with E-state index in [0.29, 0.717) is 0 Å². The third-order valence-electron chi connectivity index (χ3n) is 5.69. The smallest absolute Gasteiger partial charge is 0.193 e. The molecule has 10 heteroatoms. The van der Waals surface area contributed by atoms with Crippen molar-refractivity contribution in [3.63, 3.8) is 0 Å². The van der Waals surface area contributed by atoms with Crippen LogP contribution >= 0.6 is 0 Å². The summed E-state index contributed by atoms with van der Waals surface area (Å²) in [6, 6.07) is 1.83. The summed E-state index contributed by atoms with van der Waals surface area (Å²) in [6.45, 7) is -0.620. The zero-order valence-corrected chi connectivity index (χ0v) is 16.4. The number of hydrogen-bond donors (Lipinski definition) is 8. The molecule has 8 N–H and O–H groups in total. The van der Waals surface area contributed by atoms with E-state index in [9.17, 15) is 45.6 Å². The molecule has 0 spiro atoms. The molecule has 1 aromatic carbocycles. The minimum Gasteiger partial charge on any atom is -0.508 e. The molecule has 0 saturated carbocycles. The highest BCUT2D eigenvalue weighted by molar-refractivity contribution is 6.08. The fourth-order valence-corrected chi connectivity index (χ4v) is 4.06. The molecule has 1 heterocycles. The van der Waals surface area contributed by atoms with E-state index in [1.54, 1.807) is 12.2 Å². The van der Waals surface area contributed by atoms with Crippen molar-refractivity contribution in [3.05, 3.63) is 42.0 Å². The molecule has 10 nitrogen and oxygen atoms in total. The number of aliphatic hydroxyl groups is 5. The molecule has 2 aliphatic rings. The summed E-state index contributed by atoms with van der Waals surface area (Å²) < 4.78 is 5.48. The summed E-state index contributed by atoms with van der Waals surface area (Å²) in [5, 5.41) is 79.7. The monoisotopic (exact) mass is 438 g/mol. The van der Waals surface area contributed by atoms with Crippen molar-refractivity contribution in [2.45, 2.75) is 49.0 Å². The van der Waals surface area contributed by atoms with Crippen molar-refractivity contribution in [3.8, 4) is 17.2 Å². The minimum atomic E-state index is -1.66. The number of phenols is 3. The van der Waals surface area contributed by atoms with Crippen molar-refractivity contribution in [1.82, 2.24) is 0 Å². The van der Waals surface area contributed by atoms with Crippen LogP contribution in [0.3, 0.4) is 0 Å². The lowest BCUT2D eigenvalue weighted by Crippen LogP contribution is -2.65. The quantitative estimate of drug-likeness (QED) is 0.162. The van der Waals surface area contributed by atoms with Gasteiger partial charge in [0, 0.05) is 12.1 Å². The lowest BCUT2D eigenvalue weighted by atomic mass is 9.74. The summed E-state index contributed by atoms with van der Waals surface area (Å²) in [7, 11) is 0. The second-order valence-electron chi connectivity index (χ2n) is 7.94. The first-order chi connectivity index (χ1) is 14.6. The number of carbonyl (C=O) groups excluding carboxylic acids is 1. The lowest BCUT2D eigenvalue weighted by molar-refractivity contribution is -0.272. The number of benzene rings is 1. The average molecular weight is 438 g/mol. The second kappa shape index (κ2) is 8.95. The van der Waals surface area contributed by atoms with Gasteiger partial charge in [-0.15, -0.1) is 0 Å². The molecule has 1 aliphatic carbocycles. The molecular formula is C21H26O10. The van der Waals surface area contributed by atoms with Crippen molar-refractivity contribution >= 4 is 5.78 Å². The van der Waals surface area contributed by atoms with E-state index >= 15 is 0 Å². The summed E-state index contributed by atoms with van der Waals surface area (Å²) >= 11 is 0. The van der Waals surface area contributed by atoms with Gasteiger partial charge in [-0.3, -0.25) is 4.79 Å². The number of aromatic hydroxyl groups is 3. The van der Waals surface area contributed by atoms with E-state index < -0.39 is 77.2 Å². The number of aliphatic hydroxyl groups excluding tert-OH is 4. The Morgan fingerprint density at radius 3 is 2.35 bits per heavy atom. The Morgan fingerprint density at radius 2 is 1.74 bits per heavy atom. The van der Waals surface area contributed by atoms with Crippen LogP contribution < -0.4 is 0 Å². The Labute approximate surface area is 177 Å². The highest BCUT2D eigenvalue weighted by Gasteiger charge is 2.52. The maximum Gasteiger partial charge on any atom is 0.193 e. The normalized spacial score (nSPS) is 36.0. The van der Waals surface area contributed by atoms with Crippen LogP contribution in [-0.4, -0.2) is 89.4 Å². The first kappa shape index (κ1) is 23.2. The van der Waals surface area contributed by atoms with E-state index in [0.717, 1.165) is 18.2 Å². The van der Waals surface area contributed by atoms with Crippen molar-refractivity contribution in [2.75, 3.05) is 6.61 Å². The predicted octanol–water partition coefficient (Wildman–Crippen LogP) is -0.918. The van der Waals surface area contributed by atoms with Gasteiger partial charge in [-0.05, 0) is 24.8 Å². The molecule has 0 radical (unpaired) electrons. The van der Waals surface area contributed by atoms with Gasteiger partial charge in [0.25, 0.3) is 0 Å². The number of allylic oxidation sites excluding steroid dienone is 3. The largest absolute Gasteiger partial charge is 0.508 e. The third kappa shape index (κ3) is 4.59. The zero-order chi connectivity index (χ0) is 22.9. The van der Waals surface area contributed by atoms with Gasteiger partial charge in [0.1, 0.15) is 53.3 Å². The van der Waals surface area contributed by atoms with Gasteiger partial charge in [0.15, 0.2) is 5.78 Å². The van der Waals surface area contributed by atoms with Crippen LogP contribution in [0, 0.1) is 5.92 Å². The van der Waals surface area contributed by atoms with Gasteiger partial charge in [0.2, 0.25) is 0 Å². The van der Waals surface area contributed by atoms with Crippen molar-refractivity contribution < 1.29 is 50.4 Å². The Bertz CT molecular complexity index is 856. The number of ketones is 1. The summed E-state index contributed by atoms with van der Waals surface area (Å²) in [5.74, 6) is -2.83. The Hall–Kier alpha value is -2.47. The standard InChI is InChI=1S/C21H26O10/c22-9-15-17(27)18(28)19(29)20(31-15)21(30)5-1-2-10(8-21)3-4-12(24)16-13(25)6-11(23)7-14(16)26/h1-4,6-7,10,15,17-20,22-23,25-30H,5,8-9H2/t10?,15-,17-,18+,19-,20-,21?/m1/s1. The molecular weight excluding hydrogens is 412 g/mol. The van der Waals surface area contributed by atoms with E-state index in [-0.39, 0.29) is 12.8 Å². The number of ether oxygens (including phenoxy) is 1. The van der Waals surface area contributed by atoms with Gasteiger partial charge in [-0.2, -0.15) is 0 Å². The van der Waals surface area contributed by atoms with Gasteiger partial charge in [0.05, 0.1) is 12.2 Å². The maximum atomic E-state index is 12.4. The minimum absolute atomic E-state index is 0.0104. The molecule has 0 amide bonds. The lowest BCUT2D eigenvalue weighted by Gasteiger charge is -2.48. The van der Waals surface area contributed by atoms with Crippen LogP contribution in [0.2, 0.25) is 0 Å². The number of phenolic OH excluding ortho intramolecular Hbond substituents is 3. The number of rotatable bonds is 5. The van der Waals surface area contributed by atoms with E-state index in [2.05, 4.69) is 0 Å². The van der Waals surface area contributed by atoms with E-state index in [4.69, 9.17) is 4.74 Å². The van der Waals surface area contributed by atoms with Crippen LogP contribution in [-0.2, 0) is 4.74 Å². The number of hydrogen-bond acceptors (Lipinski definition) is 10. The average Bonchev–Trinajstić information content (AvgIpc) is 2.70. The molecule has 170 valence electrons. The molecule has 31 heavy (non-hydrogen) atoms. The molecule has 1 saturated heterocycles. The fourth-order valence-electron chi connectivity index (χ4n) is 4.06. The zero-order valence-electron chi connectivity index (χ0n) is 16.4. The molecule has 0 bridgehead atoms. The van der Waals surface area contributed by atoms with Crippen LogP contribution in [0.4, 0.5) is 0 Å². The molecule has 7 atom stereocenters. The Morgan fingerprint density at radius 1 is 1.10 bits per heavy atom. The SMILES string of the molecule is O=C(C=CC1C=CCC(O)([C@@H]2O[C@H](CO)[C@@H](O)[C@H](O)[C@H]2O)C1)c1c(O)cc(O)cc1O. The first-order valence-corrected chi connectivity index (χ1v) is 9.74. The first-order valence-electron chi connectivity index (χ1n) is 9.74. The molecule has 3 rings (SSSR count). The third-order valence-corrected chi connectivity index (χ3v) is 5.69. The molecule has 2 unspecified atom stereocenters. The summed E-state index contributed by atoms with van der Waals surface area (Å²) in [6.07, 6.45) is -1.33. The number of carbonyl (C=O) groups is 1. The van der Waals surface area contributed by atoms with Crippen LogP contribution in [0.1, 0.15) is 23.2 Å². The highest BCUT2D eigenvalue weighted by Crippen LogP contribution is 2.38. The fraction of sp³-hybridized carbons (Fsp3) is 0.476. The Kier molecular flexibility index (Phi) is 6.70. The van der Waals surface area contributed by atoms with Crippen molar-refractivity contribution in [2.24, 2.45) is 5.92 Å². The van der Waals surface area contributed by atoms with Gasteiger partial charge >= 0.3 is 0 Å². The molecule has 1 aromatic rings. The molecule has 1 aliphatic heterocycles. The van der Waals surface area contributed by atoms with Crippen LogP contribution in [0.5, 0.6) is 17.2 Å². The topological polar surface area (TPSA) is 188 Å². The van der Waals surface area contributed by atoms with Gasteiger partial charge in [-0.25, -0.2) is 0 Å². The Balaban J connectivity index is 1.76. The van der Waals surface area contributed by atoms with Gasteiger partial charge < -0.3 is 45.6 Å². The summed E-state index contributed by atoms with van der Waals surface area (Å²) in [5.41, 5.74) is -2.05. The van der Waals surface area contributed by atoms with E-state index in [1.807, 2.05) is 0 Å². The predicted molar refractivity (Wildman–Crippen MR) is 105 cm³/mol. The summed E-state index contributed by atoms with van der Waals surface area (Å²) in [4.78, 5) is 12.4. The van der Waals surface area contributed by atoms with Crippen LogP contribution in [0.15, 0.2) is 36.4 Å². The van der Waals surface area contributed by atoms with Crippen molar-refractivity contribution in [1.29, 1.82) is 0 Å². The van der Waals surface area contributed by atoms with E-state index in [1.165, 1.54) is 6.08 Å². The van der Waals surface area contributed by atoms with Crippen LogP contribution in [0.25, 0.3) is 0 Å². The molecule has 0 aromatic heterocycles.